The lowest BCUT2D eigenvalue weighted by Crippen LogP contribution is -2.15. The molecule has 4 heteroatoms. The number of anilines is 1. The number of benzene rings is 1. The van der Waals surface area contributed by atoms with E-state index in [-0.39, 0.29) is 5.56 Å². The first-order valence-electron chi connectivity index (χ1n) is 6.10. The lowest BCUT2D eigenvalue weighted by atomic mass is 10.2. The summed E-state index contributed by atoms with van der Waals surface area (Å²) in [6, 6.07) is 13.2. The number of aromatic nitrogens is 1. The van der Waals surface area contributed by atoms with E-state index in [2.05, 4.69) is 5.32 Å². The number of hydrogen-bond acceptors (Lipinski definition) is 3. The van der Waals surface area contributed by atoms with E-state index in [1.54, 1.807) is 29.9 Å². The maximum Gasteiger partial charge on any atom is 0.250 e. The zero-order valence-electron chi connectivity index (χ0n) is 10.6. The van der Waals surface area contributed by atoms with E-state index in [4.69, 9.17) is 4.42 Å². The van der Waals surface area contributed by atoms with Gasteiger partial charge in [0.25, 0.3) is 0 Å². The van der Waals surface area contributed by atoms with Gasteiger partial charge in [-0.15, -0.1) is 0 Å². The third-order valence-electron chi connectivity index (χ3n) is 3.03. The van der Waals surface area contributed by atoms with Crippen LogP contribution in [0, 0.1) is 0 Å². The van der Waals surface area contributed by atoms with Gasteiger partial charge in [-0.1, -0.05) is 18.2 Å². The second kappa shape index (κ2) is 4.65. The number of hydrogen-bond donors (Lipinski definition) is 1. The molecule has 0 radical (unpaired) electrons. The van der Waals surface area contributed by atoms with Crippen LogP contribution in [0.4, 0.5) is 5.69 Å². The summed E-state index contributed by atoms with van der Waals surface area (Å²) in [7, 11) is 1.73. The van der Waals surface area contributed by atoms with E-state index in [9.17, 15) is 4.79 Å². The van der Waals surface area contributed by atoms with Crippen molar-refractivity contribution < 1.29 is 4.42 Å². The lowest BCUT2D eigenvalue weighted by molar-refractivity contribution is 0.559. The molecule has 1 aromatic carbocycles. The SMILES string of the molecule is Cn1cc(NCc2cc3ccccc3o2)ccc1=O. The Kier molecular flexibility index (Phi) is 2.83. The van der Waals surface area contributed by atoms with Crippen molar-refractivity contribution in [1.82, 2.24) is 4.57 Å². The molecule has 0 saturated carbocycles. The number of nitrogens with zero attached hydrogens (tertiary/aromatic N) is 1. The maximum atomic E-state index is 11.3. The highest BCUT2D eigenvalue weighted by Gasteiger charge is 2.03. The van der Waals surface area contributed by atoms with E-state index >= 15 is 0 Å². The van der Waals surface area contributed by atoms with Gasteiger partial charge in [-0.05, 0) is 18.2 Å². The second-order valence-corrected chi connectivity index (χ2v) is 4.47. The standard InChI is InChI=1S/C15H14N2O2/c1-17-10-12(6-7-15(17)18)16-9-13-8-11-4-2-3-5-14(11)19-13/h2-8,10,16H,9H2,1H3. The van der Waals surface area contributed by atoms with Crippen LogP contribution < -0.4 is 10.9 Å². The maximum absolute atomic E-state index is 11.3. The van der Waals surface area contributed by atoms with E-state index < -0.39 is 0 Å². The van der Waals surface area contributed by atoms with Crippen LogP contribution in [-0.4, -0.2) is 4.57 Å². The zero-order chi connectivity index (χ0) is 13.2. The van der Waals surface area contributed by atoms with Crippen molar-refractivity contribution >= 4 is 16.7 Å². The Morgan fingerprint density at radius 1 is 1.21 bits per heavy atom. The minimum atomic E-state index is -0.0192. The molecule has 0 atom stereocenters. The molecule has 0 fully saturated rings. The normalized spacial score (nSPS) is 10.8. The van der Waals surface area contributed by atoms with E-state index in [0.29, 0.717) is 6.54 Å². The summed E-state index contributed by atoms with van der Waals surface area (Å²) in [6.45, 7) is 0.590. The Hall–Kier alpha value is -2.49. The number of pyridine rings is 1. The predicted octanol–water partition coefficient (Wildman–Crippen LogP) is 2.74. The summed E-state index contributed by atoms with van der Waals surface area (Å²) in [6.07, 6.45) is 1.77. The molecule has 0 aliphatic rings. The largest absolute Gasteiger partial charge is 0.459 e. The minimum Gasteiger partial charge on any atom is -0.459 e. The number of aryl methyl sites for hydroxylation is 1. The first kappa shape index (κ1) is 11.6. The lowest BCUT2D eigenvalue weighted by Gasteiger charge is -2.05. The molecule has 0 saturated heterocycles. The Morgan fingerprint density at radius 3 is 2.84 bits per heavy atom. The Labute approximate surface area is 110 Å². The molecule has 4 nitrogen and oxygen atoms in total. The Morgan fingerprint density at radius 2 is 2.05 bits per heavy atom. The summed E-state index contributed by atoms with van der Waals surface area (Å²) in [5, 5.41) is 4.33. The van der Waals surface area contributed by atoms with Gasteiger partial charge in [0.1, 0.15) is 11.3 Å². The van der Waals surface area contributed by atoms with Crippen molar-refractivity contribution in [2.24, 2.45) is 7.05 Å². The van der Waals surface area contributed by atoms with Gasteiger partial charge in [0.15, 0.2) is 0 Å². The quantitative estimate of drug-likeness (QED) is 0.781. The predicted molar refractivity (Wildman–Crippen MR) is 75.2 cm³/mol. The molecular weight excluding hydrogens is 240 g/mol. The van der Waals surface area contributed by atoms with Gasteiger partial charge in [0, 0.05) is 24.7 Å². The average Bonchev–Trinajstić information content (AvgIpc) is 2.83. The fourth-order valence-corrected chi connectivity index (χ4v) is 2.01. The van der Waals surface area contributed by atoms with Crippen LogP contribution in [0.2, 0.25) is 0 Å². The van der Waals surface area contributed by atoms with E-state index in [1.165, 1.54) is 0 Å². The third kappa shape index (κ3) is 2.38. The summed E-state index contributed by atoms with van der Waals surface area (Å²) in [5.74, 6) is 0.870. The van der Waals surface area contributed by atoms with Gasteiger partial charge in [0.05, 0.1) is 12.2 Å². The van der Waals surface area contributed by atoms with E-state index in [1.807, 2.05) is 30.3 Å². The molecule has 96 valence electrons. The summed E-state index contributed by atoms with van der Waals surface area (Å²) in [5.41, 5.74) is 1.76. The van der Waals surface area contributed by atoms with Crippen LogP contribution in [0.3, 0.4) is 0 Å². The molecule has 19 heavy (non-hydrogen) atoms. The number of rotatable bonds is 3. The summed E-state index contributed by atoms with van der Waals surface area (Å²) >= 11 is 0. The van der Waals surface area contributed by atoms with Crippen LogP contribution in [-0.2, 0) is 13.6 Å². The fourth-order valence-electron chi connectivity index (χ4n) is 2.01. The molecule has 1 N–H and O–H groups in total. The Balaban J connectivity index is 1.78. The van der Waals surface area contributed by atoms with Gasteiger partial charge < -0.3 is 14.3 Å². The molecule has 0 spiro atoms. The molecule has 0 aliphatic carbocycles. The highest BCUT2D eigenvalue weighted by Crippen LogP contribution is 2.19. The smallest absolute Gasteiger partial charge is 0.250 e. The average molecular weight is 254 g/mol. The zero-order valence-corrected chi connectivity index (χ0v) is 10.6. The fraction of sp³-hybridized carbons (Fsp3) is 0.133. The molecule has 0 unspecified atom stereocenters. The van der Waals surface area contributed by atoms with Crippen molar-refractivity contribution in [3.63, 3.8) is 0 Å². The van der Waals surface area contributed by atoms with Crippen molar-refractivity contribution in [1.29, 1.82) is 0 Å². The highest BCUT2D eigenvalue weighted by atomic mass is 16.3. The van der Waals surface area contributed by atoms with Crippen molar-refractivity contribution in [3.8, 4) is 0 Å². The van der Waals surface area contributed by atoms with Crippen LogP contribution in [0.25, 0.3) is 11.0 Å². The molecule has 2 heterocycles. The molecule has 0 bridgehead atoms. The molecule has 2 aromatic heterocycles. The van der Waals surface area contributed by atoms with Crippen LogP contribution in [0.1, 0.15) is 5.76 Å². The highest BCUT2D eigenvalue weighted by molar-refractivity contribution is 5.77. The van der Waals surface area contributed by atoms with E-state index in [0.717, 1.165) is 22.4 Å². The molecule has 3 aromatic rings. The monoisotopic (exact) mass is 254 g/mol. The van der Waals surface area contributed by atoms with Crippen LogP contribution in [0.15, 0.2) is 57.9 Å². The molecular formula is C15H14N2O2. The van der Waals surface area contributed by atoms with Gasteiger partial charge >= 0.3 is 0 Å². The molecule has 0 aliphatic heterocycles. The molecule has 3 rings (SSSR count). The minimum absolute atomic E-state index is 0.0192. The number of nitrogens with one attached hydrogen (secondary N) is 1. The summed E-state index contributed by atoms with van der Waals surface area (Å²) < 4.78 is 7.26. The third-order valence-corrected chi connectivity index (χ3v) is 3.03. The number of furan rings is 1. The first-order valence-corrected chi connectivity index (χ1v) is 6.10. The van der Waals surface area contributed by atoms with Crippen LogP contribution >= 0.6 is 0 Å². The second-order valence-electron chi connectivity index (χ2n) is 4.47. The molecule has 0 amide bonds. The van der Waals surface area contributed by atoms with Gasteiger partial charge in [-0.3, -0.25) is 4.79 Å². The van der Waals surface area contributed by atoms with Crippen molar-refractivity contribution in [2.75, 3.05) is 5.32 Å². The first-order chi connectivity index (χ1) is 9.22. The van der Waals surface area contributed by atoms with Crippen LogP contribution in [0.5, 0.6) is 0 Å². The number of fused-ring (bicyclic) bond motifs is 1. The Bertz CT molecular complexity index is 738. The van der Waals surface area contributed by atoms with Gasteiger partial charge in [-0.2, -0.15) is 0 Å². The van der Waals surface area contributed by atoms with Gasteiger partial charge in [-0.25, -0.2) is 0 Å². The number of para-hydroxylation sites is 1. The van der Waals surface area contributed by atoms with Crippen molar-refractivity contribution in [2.45, 2.75) is 6.54 Å². The summed E-state index contributed by atoms with van der Waals surface area (Å²) in [4.78, 5) is 11.3. The topological polar surface area (TPSA) is 47.2 Å². The van der Waals surface area contributed by atoms with Gasteiger partial charge in [0.2, 0.25) is 5.56 Å². The van der Waals surface area contributed by atoms with Crippen molar-refractivity contribution in [3.05, 3.63) is 64.8 Å².